The van der Waals surface area contributed by atoms with Gasteiger partial charge >= 0.3 is 0 Å². The van der Waals surface area contributed by atoms with E-state index in [4.69, 9.17) is 0 Å². The lowest BCUT2D eigenvalue weighted by molar-refractivity contribution is 0.0673. The molecule has 0 saturated carbocycles. The maximum absolute atomic E-state index is 12.4. The fraction of sp³-hybridized carbons (Fsp3) is 0.500. The predicted molar refractivity (Wildman–Crippen MR) is 76.2 cm³/mol. The van der Waals surface area contributed by atoms with Crippen LogP contribution in [0.5, 0.6) is 0 Å². The maximum Gasteiger partial charge on any atom is 0.253 e. The van der Waals surface area contributed by atoms with Crippen LogP contribution in [0, 0.1) is 0 Å². The highest BCUT2D eigenvalue weighted by Crippen LogP contribution is 2.17. The first kappa shape index (κ1) is 13.4. The average molecular weight is 264 g/mol. The largest absolute Gasteiger partial charge is 0.336 e. The van der Waals surface area contributed by atoms with Crippen LogP contribution in [0.1, 0.15) is 24.2 Å². The van der Waals surface area contributed by atoms with Gasteiger partial charge in [0.2, 0.25) is 0 Å². The molecular formula is C14H20N2OS. The third-order valence-electron chi connectivity index (χ3n) is 3.18. The number of nitrogens with zero attached hydrogens (tertiary/aromatic N) is 1. The van der Waals surface area contributed by atoms with Crippen LogP contribution < -0.4 is 5.32 Å². The highest BCUT2D eigenvalue weighted by atomic mass is 32.2. The summed E-state index contributed by atoms with van der Waals surface area (Å²) < 4.78 is 0. The molecule has 1 N–H and O–H groups in total. The summed E-state index contributed by atoms with van der Waals surface area (Å²) in [4.78, 5) is 15.5. The molecule has 0 bridgehead atoms. The predicted octanol–water partition coefficient (Wildman–Crippen LogP) is 2.23. The maximum atomic E-state index is 12.4. The number of hydrogen-bond acceptors (Lipinski definition) is 3. The first-order valence-corrected chi connectivity index (χ1v) is 7.52. The van der Waals surface area contributed by atoms with Gasteiger partial charge in [0.05, 0.1) is 0 Å². The van der Waals surface area contributed by atoms with E-state index in [2.05, 4.69) is 19.2 Å². The van der Waals surface area contributed by atoms with Gasteiger partial charge < -0.3 is 10.2 Å². The van der Waals surface area contributed by atoms with Crippen LogP contribution in [0.15, 0.2) is 29.2 Å². The molecule has 1 aromatic carbocycles. The Morgan fingerprint density at radius 3 is 2.28 bits per heavy atom. The molecule has 1 aliphatic heterocycles. The SMILES string of the molecule is CSc1ccc(C(=O)N2CC(C)NC(C)C2)cc1. The van der Waals surface area contributed by atoms with Gasteiger partial charge in [-0.15, -0.1) is 11.8 Å². The van der Waals surface area contributed by atoms with Crippen molar-refractivity contribution in [2.45, 2.75) is 30.8 Å². The van der Waals surface area contributed by atoms with E-state index in [9.17, 15) is 4.79 Å². The van der Waals surface area contributed by atoms with Crippen molar-refractivity contribution in [3.63, 3.8) is 0 Å². The highest BCUT2D eigenvalue weighted by molar-refractivity contribution is 7.98. The number of piperazine rings is 1. The van der Waals surface area contributed by atoms with Crippen molar-refractivity contribution in [3.8, 4) is 0 Å². The summed E-state index contributed by atoms with van der Waals surface area (Å²) >= 11 is 1.69. The Labute approximate surface area is 113 Å². The van der Waals surface area contributed by atoms with Gasteiger partial charge in [-0.2, -0.15) is 0 Å². The molecule has 2 atom stereocenters. The number of benzene rings is 1. The summed E-state index contributed by atoms with van der Waals surface area (Å²) in [6, 6.07) is 8.59. The van der Waals surface area contributed by atoms with Crippen LogP contribution in [-0.2, 0) is 0 Å². The molecule has 1 saturated heterocycles. The molecule has 0 radical (unpaired) electrons. The van der Waals surface area contributed by atoms with E-state index in [1.807, 2.05) is 35.4 Å². The van der Waals surface area contributed by atoms with Gasteiger partial charge in [-0.25, -0.2) is 0 Å². The van der Waals surface area contributed by atoms with Crippen LogP contribution in [0.25, 0.3) is 0 Å². The molecule has 2 rings (SSSR count). The lowest BCUT2D eigenvalue weighted by Crippen LogP contribution is -2.55. The first-order valence-electron chi connectivity index (χ1n) is 6.29. The molecule has 1 aliphatic rings. The normalized spacial score (nSPS) is 24.1. The zero-order chi connectivity index (χ0) is 13.1. The van der Waals surface area contributed by atoms with Crippen molar-refractivity contribution < 1.29 is 4.79 Å². The van der Waals surface area contributed by atoms with Gasteiger partial charge in [-0.3, -0.25) is 4.79 Å². The number of thioether (sulfide) groups is 1. The minimum absolute atomic E-state index is 0.142. The van der Waals surface area contributed by atoms with E-state index in [0.717, 1.165) is 18.7 Å². The lowest BCUT2D eigenvalue weighted by Gasteiger charge is -2.36. The molecule has 3 nitrogen and oxygen atoms in total. The van der Waals surface area contributed by atoms with E-state index < -0.39 is 0 Å². The van der Waals surface area contributed by atoms with Crippen LogP contribution in [-0.4, -0.2) is 42.2 Å². The summed E-state index contributed by atoms with van der Waals surface area (Å²) in [7, 11) is 0. The molecule has 98 valence electrons. The van der Waals surface area contributed by atoms with Gasteiger partial charge in [-0.1, -0.05) is 0 Å². The molecule has 1 heterocycles. The molecule has 0 aliphatic carbocycles. The van der Waals surface area contributed by atoms with Gasteiger partial charge in [0.25, 0.3) is 5.91 Å². The number of rotatable bonds is 2. The van der Waals surface area contributed by atoms with E-state index in [0.29, 0.717) is 12.1 Å². The van der Waals surface area contributed by atoms with Crippen molar-refractivity contribution in [1.82, 2.24) is 10.2 Å². The number of hydrogen-bond donors (Lipinski definition) is 1. The molecule has 0 aromatic heterocycles. The summed E-state index contributed by atoms with van der Waals surface area (Å²) in [5.41, 5.74) is 0.786. The summed E-state index contributed by atoms with van der Waals surface area (Å²) in [5.74, 6) is 0.142. The highest BCUT2D eigenvalue weighted by Gasteiger charge is 2.25. The smallest absolute Gasteiger partial charge is 0.253 e. The zero-order valence-electron chi connectivity index (χ0n) is 11.1. The van der Waals surface area contributed by atoms with Crippen LogP contribution in [0.4, 0.5) is 0 Å². The monoisotopic (exact) mass is 264 g/mol. The Kier molecular flexibility index (Phi) is 4.30. The molecule has 1 amide bonds. The Morgan fingerprint density at radius 1 is 1.22 bits per heavy atom. The van der Waals surface area contributed by atoms with Crippen molar-refractivity contribution in [2.24, 2.45) is 0 Å². The van der Waals surface area contributed by atoms with Crippen LogP contribution >= 0.6 is 11.8 Å². The number of nitrogens with one attached hydrogen (secondary N) is 1. The second kappa shape index (κ2) is 5.76. The summed E-state index contributed by atoms with van der Waals surface area (Å²) in [5, 5.41) is 3.44. The molecule has 0 spiro atoms. The third-order valence-corrected chi connectivity index (χ3v) is 3.93. The first-order chi connectivity index (χ1) is 8.60. The Hall–Kier alpha value is -1.00. The second-order valence-corrected chi connectivity index (χ2v) is 5.79. The van der Waals surface area contributed by atoms with Crippen molar-refractivity contribution in [2.75, 3.05) is 19.3 Å². The van der Waals surface area contributed by atoms with E-state index in [-0.39, 0.29) is 5.91 Å². The van der Waals surface area contributed by atoms with E-state index in [1.165, 1.54) is 4.90 Å². The van der Waals surface area contributed by atoms with Gasteiger partial charge in [0, 0.05) is 35.6 Å². The second-order valence-electron chi connectivity index (χ2n) is 4.91. The Morgan fingerprint density at radius 2 is 1.78 bits per heavy atom. The van der Waals surface area contributed by atoms with Crippen molar-refractivity contribution in [3.05, 3.63) is 29.8 Å². The summed E-state index contributed by atoms with van der Waals surface area (Å²) in [6.07, 6.45) is 2.04. The van der Waals surface area contributed by atoms with Crippen molar-refractivity contribution >= 4 is 17.7 Å². The fourth-order valence-electron chi connectivity index (χ4n) is 2.41. The number of carbonyl (C=O) groups is 1. The topological polar surface area (TPSA) is 32.3 Å². The molecule has 18 heavy (non-hydrogen) atoms. The summed E-state index contributed by atoms with van der Waals surface area (Å²) in [6.45, 7) is 5.81. The van der Waals surface area contributed by atoms with E-state index in [1.54, 1.807) is 11.8 Å². The van der Waals surface area contributed by atoms with Gasteiger partial charge in [-0.05, 0) is 44.4 Å². The third kappa shape index (κ3) is 3.06. The van der Waals surface area contributed by atoms with Gasteiger partial charge in [0.15, 0.2) is 0 Å². The number of amides is 1. The standard InChI is InChI=1S/C14H20N2OS/c1-10-8-16(9-11(2)15-10)14(17)12-4-6-13(18-3)7-5-12/h4-7,10-11,15H,8-9H2,1-3H3. The molecule has 4 heteroatoms. The van der Waals surface area contributed by atoms with Crippen molar-refractivity contribution in [1.29, 1.82) is 0 Å². The quantitative estimate of drug-likeness (QED) is 0.831. The van der Waals surface area contributed by atoms with E-state index >= 15 is 0 Å². The molecule has 2 unspecified atom stereocenters. The molecule has 1 aromatic rings. The van der Waals surface area contributed by atoms with Crippen LogP contribution in [0.3, 0.4) is 0 Å². The average Bonchev–Trinajstić information content (AvgIpc) is 2.37. The fourth-order valence-corrected chi connectivity index (χ4v) is 2.82. The zero-order valence-corrected chi connectivity index (χ0v) is 12.0. The molecule has 1 fully saturated rings. The van der Waals surface area contributed by atoms with Crippen LogP contribution in [0.2, 0.25) is 0 Å². The number of carbonyl (C=O) groups excluding carboxylic acids is 1. The van der Waals surface area contributed by atoms with Gasteiger partial charge in [0.1, 0.15) is 0 Å². The molecular weight excluding hydrogens is 244 g/mol. The Bertz CT molecular complexity index is 408. The lowest BCUT2D eigenvalue weighted by atomic mass is 10.1. The minimum atomic E-state index is 0.142. The Balaban J connectivity index is 2.09. The minimum Gasteiger partial charge on any atom is -0.336 e.